The van der Waals surface area contributed by atoms with E-state index >= 15 is 0 Å². The Morgan fingerprint density at radius 3 is 2.00 bits per heavy atom. The Morgan fingerprint density at radius 2 is 1.45 bits per heavy atom. The van der Waals surface area contributed by atoms with E-state index in [1.54, 1.807) is 6.08 Å². The molecule has 0 spiro atoms. The molecule has 5 atom stereocenters. The highest BCUT2D eigenvalue weighted by atomic mass is 16.6. The van der Waals surface area contributed by atoms with Crippen molar-refractivity contribution in [1.82, 2.24) is 0 Å². The number of hydrogen-bond donors (Lipinski definition) is 0. The van der Waals surface area contributed by atoms with Crippen molar-refractivity contribution >= 4 is 6.29 Å². The van der Waals surface area contributed by atoms with Crippen LogP contribution in [0.15, 0.2) is 73.3 Å². The average Bonchev–Trinajstić information content (AvgIpc) is 2.86. The SMILES string of the molecule is C=CC[C@@H]1O[C@H](C=O)[C@@H](OCCOCC)[C@H](OCc2ccccc2)[C@H]1OCc1ccccc1. The Bertz CT molecular complexity index is 812. The van der Waals surface area contributed by atoms with Gasteiger partial charge in [-0.3, -0.25) is 0 Å². The number of carbonyl (C=O) groups is 1. The first-order valence-electron chi connectivity index (χ1n) is 11.5. The van der Waals surface area contributed by atoms with Crippen LogP contribution in [0.5, 0.6) is 0 Å². The summed E-state index contributed by atoms with van der Waals surface area (Å²) in [5.74, 6) is 0. The van der Waals surface area contributed by atoms with Gasteiger partial charge in [-0.05, 0) is 24.5 Å². The summed E-state index contributed by atoms with van der Waals surface area (Å²) in [6.45, 7) is 7.90. The fourth-order valence-electron chi connectivity index (χ4n) is 3.91. The molecule has 3 rings (SSSR count). The van der Waals surface area contributed by atoms with Crippen molar-refractivity contribution in [2.75, 3.05) is 19.8 Å². The molecule has 6 heteroatoms. The molecule has 1 aliphatic heterocycles. The van der Waals surface area contributed by atoms with Crippen LogP contribution in [0.2, 0.25) is 0 Å². The van der Waals surface area contributed by atoms with Crippen LogP contribution in [-0.2, 0) is 41.7 Å². The number of rotatable bonds is 14. The summed E-state index contributed by atoms with van der Waals surface area (Å²) in [5.41, 5.74) is 2.07. The summed E-state index contributed by atoms with van der Waals surface area (Å²) >= 11 is 0. The Labute approximate surface area is 196 Å². The van der Waals surface area contributed by atoms with Crippen molar-refractivity contribution in [3.63, 3.8) is 0 Å². The van der Waals surface area contributed by atoms with Crippen LogP contribution in [0.1, 0.15) is 24.5 Å². The minimum Gasteiger partial charge on any atom is -0.379 e. The van der Waals surface area contributed by atoms with Gasteiger partial charge >= 0.3 is 0 Å². The normalized spacial score (nSPS) is 24.9. The van der Waals surface area contributed by atoms with Gasteiger partial charge in [-0.2, -0.15) is 0 Å². The highest BCUT2D eigenvalue weighted by Crippen LogP contribution is 2.30. The van der Waals surface area contributed by atoms with Gasteiger partial charge in [-0.25, -0.2) is 0 Å². The summed E-state index contributed by atoms with van der Waals surface area (Å²) in [6, 6.07) is 19.8. The Kier molecular flexibility index (Phi) is 10.7. The van der Waals surface area contributed by atoms with Crippen molar-refractivity contribution in [3.05, 3.63) is 84.4 Å². The number of benzene rings is 2. The van der Waals surface area contributed by atoms with E-state index < -0.39 is 24.4 Å². The lowest BCUT2D eigenvalue weighted by Gasteiger charge is -2.44. The number of ether oxygens (including phenoxy) is 5. The van der Waals surface area contributed by atoms with Crippen LogP contribution in [-0.4, -0.2) is 56.6 Å². The quantitative estimate of drug-likeness (QED) is 0.243. The minimum atomic E-state index is -0.770. The zero-order valence-corrected chi connectivity index (χ0v) is 19.2. The van der Waals surface area contributed by atoms with Crippen molar-refractivity contribution in [1.29, 1.82) is 0 Å². The lowest BCUT2D eigenvalue weighted by molar-refractivity contribution is -0.255. The molecule has 178 valence electrons. The second-order valence-corrected chi connectivity index (χ2v) is 7.85. The fourth-order valence-corrected chi connectivity index (χ4v) is 3.91. The number of hydrogen-bond acceptors (Lipinski definition) is 6. The van der Waals surface area contributed by atoms with E-state index in [4.69, 9.17) is 23.7 Å². The molecule has 1 fully saturated rings. The van der Waals surface area contributed by atoms with E-state index in [1.165, 1.54) is 0 Å². The van der Waals surface area contributed by atoms with Crippen LogP contribution in [0, 0.1) is 0 Å². The molecule has 0 N–H and O–H groups in total. The van der Waals surface area contributed by atoms with Crippen molar-refractivity contribution < 1.29 is 28.5 Å². The first-order chi connectivity index (χ1) is 16.3. The molecule has 0 saturated carbocycles. The summed E-state index contributed by atoms with van der Waals surface area (Å²) in [4.78, 5) is 12.0. The zero-order chi connectivity index (χ0) is 23.3. The largest absolute Gasteiger partial charge is 0.379 e. The van der Waals surface area contributed by atoms with Gasteiger partial charge in [0.15, 0.2) is 6.29 Å². The van der Waals surface area contributed by atoms with Crippen LogP contribution >= 0.6 is 0 Å². The molecule has 1 saturated heterocycles. The maximum Gasteiger partial charge on any atom is 0.151 e. The summed E-state index contributed by atoms with van der Waals surface area (Å²) < 4.78 is 30.4. The van der Waals surface area contributed by atoms with Crippen LogP contribution < -0.4 is 0 Å². The molecule has 0 unspecified atom stereocenters. The van der Waals surface area contributed by atoms with E-state index in [1.807, 2.05) is 67.6 Å². The summed E-state index contributed by atoms with van der Waals surface area (Å²) in [5, 5.41) is 0. The summed E-state index contributed by atoms with van der Waals surface area (Å²) in [6.07, 6.45) is 0.366. The molecule has 33 heavy (non-hydrogen) atoms. The van der Waals surface area contributed by atoms with Gasteiger partial charge in [-0.1, -0.05) is 66.7 Å². The summed E-state index contributed by atoms with van der Waals surface area (Å²) in [7, 11) is 0. The maximum atomic E-state index is 12.0. The maximum absolute atomic E-state index is 12.0. The highest BCUT2D eigenvalue weighted by molar-refractivity contribution is 5.58. The molecule has 2 aromatic carbocycles. The Morgan fingerprint density at radius 1 is 0.848 bits per heavy atom. The molecule has 1 aliphatic rings. The molecular formula is C27H34O6. The third-order valence-electron chi connectivity index (χ3n) is 5.52. The molecule has 1 heterocycles. The Balaban J connectivity index is 1.82. The Hall–Kier alpha value is -2.35. The predicted molar refractivity (Wildman–Crippen MR) is 126 cm³/mol. The second kappa shape index (κ2) is 14.0. The standard InChI is InChI=1S/C27H34O6/c1-3-11-23-25(31-19-21-12-7-5-8-13-21)27(32-20-22-14-9-6-10-15-22)26(24(18-28)33-23)30-17-16-29-4-2/h3,5-10,12-15,18,23-27H,1,4,11,16-17,19-20H2,2H3/t23-,24+,25-,26+,27+/m0/s1. The lowest BCUT2D eigenvalue weighted by atomic mass is 9.92. The van der Waals surface area contributed by atoms with Gasteiger partial charge in [0.2, 0.25) is 0 Å². The molecule has 0 aromatic heterocycles. The van der Waals surface area contributed by atoms with E-state index in [0.29, 0.717) is 39.5 Å². The van der Waals surface area contributed by atoms with E-state index in [0.717, 1.165) is 17.4 Å². The first-order valence-corrected chi connectivity index (χ1v) is 11.5. The van der Waals surface area contributed by atoms with Gasteiger partial charge in [0.1, 0.15) is 24.4 Å². The second-order valence-electron chi connectivity index (χ2n) is 7.85. The molecule has 0 amide bonds. The third kappa shape index (κ3) is 7.59. The molecule has 6 nitrogen and oxygen atoms in total. The van der Waals surface area contributed by atoms with E-state index in [-0.39, 0.29) is 6.10 Å². The van der Waals surface area contributed by atoms with Crippen LogP contribution in [0.3, 0.4) is 0 Å². The van der Waals surface area contributed by atoms with Crippen LogP contribution in [0.4, 0.5) is 0 Å². The minimum absolute atomic E-state index is 0.328. The van der Waals surface area contributed by atoms with E-state index in [9.17, 15) is 4.79 Å². The van der Waals surface area contributed by atoms with Gasteiger partial charge < -0.3 is 28.5 Å². The molecule has 0 aliphatic carbocycles. The van der Waals surface area contributed by atoms with Crippen molar-refractivity contribution in [3.8, 4) is 0 Å². The van der Waals surface area contributed by atoms with E-state index in [2.05, 4.69) is 6.58 Å². The van der Waals surface area contributed by atoms with Crippen molar-refractivity contribution in [2.24, 2.45) is 0 Å². The zero-order valence-electron chi connectivity index (χ0n) is 19.2. The number of carbonyl (C=O) groups excluding carboxylic acids is 1. The monoisotopic (exact) mass is 454 g/mol. The predicted octanol–water partition coefficient (Wildman–Crippen LogP) is 4.12. The van der Waals surface area contributed by atoms with Crippen molar-refractivity contribution in [2.45, 2.75) is 57.1 Å². The third-order valence-corrected chi connectivity index (χ3v) is 5.52. The van der Waals surface area contributed by atoms with Gasteiger partial charge in [0.25, 0.3) is 0 Å². The average molecular weight is 455 g/mol. The van der Waals surface area contributed by atoms with Gasteiger partial charge in [0, 0.05) is 6.61 Å². The number of aldehydes is 1. The van der Waals surface area contributed by atoms with Crippen LogP contribution in [0.25, 0.3) is 0 Å². The molecular weight excluding hydrogens is 420 g/mol. The first kappa shape index (κ1) is 25.3. The molecule has 2 aromatic rings. The fraction of sp³-hybridized carbons (Fsp3) is 0.444. The molecule has 0 radical (unpaired) electrons. The smallest absolute Gasteiger partial charge is 0.151 e. The highest BCUT2D eigenvalue weighted by Gasteiger charge is 2.47. The molecule has 0 bridgehead atoms. The topological polar surface area (TPSA) is 63.2 Å². The lowest BCUT2D eigenvalue weighted by Crippen LogP contribution is -2.60. The van der Waals surface area contributed by atoms with Gasteiger partial charge in [-0.15, -0.1) is 6.58 Å². The van der Waals surface area contributed by atoms with Gasteiger partial charge in [0.05, 0.1) is 32.5 Å².